The lowest BCUT2D eigenvalue weighted by atomic mass is 10.2. The Hall–Kier alpha value is -1.64. The van der Waals surface area contributed by atoms with Crippen LogP contribution in [0.1, 0.15) is 11.1 Å². The summed E-state index contributed by atoms with van der Waals surface area (Å²) in [6, 6.07) is 9.01. The lowest BCUT2D eigenvalue weighted by Crippen LogP contribution is -1.85. The molecule has 0 aromatic heterocycles. The fourth-order valence-electron chi connectivity index (χ4n) is 1.37. The number of halogens is 4. The quantitative estimate of drug-likeness (QED) is 0.615. The molecule has 20 heavy (non-hydrogen) atoms. The highest BCUT2D eigenvalue weighted by molar-refractivity contribution is 6.35. The fraction of sp³-hybridized carbons (Fsp3) is 0. The number of benzene rings is 2. The Morgan fingerprint density at radius 1 is 0.900 bits per heavy atom. The summed E-state index contributed by atoms with van der Waals surface area (Å²) in [5.41, 5.74) is 0.841. The van der Waals surface area contributed by atoms with Crippen LogP contribution in [-0.2, 0) is 0 Å². The molecule has 0 aliphatic rings. The van der Waals surface area contributed by atoms with Crippen LogP contribution in [0, 0.1) is 11.6 Å². The van der Waals surface area contributed by atoms with Crippen molar-refractivity contribution < 1.29 is 8.78 Å². The maximum Gasteiger partial charge on any atom is 0.133 e. The zero-order valence-corrected chi connectivity index (χ0v) is 12.1. The van der Waals surface area contributed by atoms with E-state index in [4.69, 9.17) is 23.2 Å². The van der Waals surface area contributed by atoms with E-state index in [9.17, 15) is 8.78 Å². The molecule has 0 fully saturated rings. The predicted octanol–water partition coefficient (Wildman–Crippen LogP) is 6.24. The van der Waals surface area contributed by atoms with E-state index in [0.29, 0.717) is 10.0 Å². The second-order valence-corrected chi connectivity index (χ2v) is 4.55. The molecule has 0 heterocycles. The molecule has 0 N–H and O–H groups in total. The van der Waals surface area contributed by atoms with Gasteiger partial charge in [0.15, 0.2) is 0 Å². The van der Waals surface area contributed by atoms with Gasteiger partial charge in [-0.2, -0.15) is 0 Å². The minimum atomic E-state index is -0.574. The first-order valence-corrected chi connectivity index (χ1v) is 6.39. The van der Waals surface area contributed by atoms with Crippen molar-refractivity contribution in [2.75, 3.05) is 0 Å². The van der Waals surface area contributed by atoms with Crippen LogP contribution >= 0.6 is 23.2 Å². The Balaban J connectivity index is 0.000000200. The molecular formula is C16H12Cl2F2. The van der Waals surface area contributed by atoms with Gasteiger partial charge >= 0.3 is 0 Å². The van der Waals surface area contributed by atoms with Crippen LogP contribution in [0.4, 0.5) is 8.78 Å². The maximum atomic E-state index is 12.5. The summed E-state index contributed by atoms with van der Waals surface area (Å²) in [7, 11) is 0. The summed E-state index contributed by atoms with van der Waals surface area (Å²) in [5.74, 6) is -1.15. The molecule has 0 saturated carbocycles. The Labute approximate surface area is 127 Å². The van der Waals surface area contributed by atoms with E-state index < -0.39 is 11.6 Å². The Morgan fingerprint density at radius 3 is 1.90 bits per heavy atom. The number of rotatable bonds is 2. The molecule has 0 unspecified atom stereocenters. The van der Waals surface area contributed by atoms with Crippen LogP contribution in [0.5, 0.6) is 0 Å². The topological polar surface area (TPSA) is 0 Å². The van der Waals surface area contributed by atoms with E-state index in [1.54, 1.807) is 18.2 Å². The van der Waals surface area contributed by atoms with Gasteiger partial charge in [-0.25, -0.2) is 8.78 Å². The van der Waals surface area contributed by atoms with Crippen LogP contribution in [-0.4, -0.2) is 0 Å². The van der Waals surface area contributed by atoms with Gasteiger partial charge in [-0.15, -0.1) is 0 Å². The molecule has 0 nitrogen and oxygen atoms in total. The van der Waals surface area contributed by atoms with Gasteiger partial charge in [0.05, 0.1) is 0 Å². The molecule has 0 aliphatic heterocycles. The van der Waals surface area contributed by atoms with Crippen molar-refractivity contribution in [2.24, 2.45) is 0 Å². The zero-order valence-electron chi connectivity index (χ0n) is 10.5. The molecule has 0 amide bonds. The number of hydrogen-bond acceptors (Lipinski definition) is 0. The number of hydrogen-bond donors (Lipinski definition) is 0. The summed E-state index contributed by atoms with van der Waals surface area (Å²) >= 11 is 11.4. The van der Waals surface area contributed by atoms with E-state index in [1.165, 1.54) is 18.2 Å². The first-order valence-electron chi connectivity index (χ1n) is 5.63. The van der Waals surface area contributed by atoms with Crippen molar-refractivity contribution in [3.63, 3.8) is 0 Å². The average molecular weight is 313 g/mol. The molecule has 2 aromatic carbocycles. The van der Waals surface area contributed by atoms with Crippen LogP contribution in [0.2, 0.25) is 10.0 Å². The summed E-state index contributed by atoms with van der Waals surface area (Å²) in [6.45, 7) is 6.87. The Kier molecular flexibility index (Phi) is 6.43. The van der Waals surface area contributed by atoms with E-state index in [0.717, 1.165) is 11.6 Å². The van der Waals surface area contributed by atoms with Crippen molar-refractivity contribution in [3.8, 4) is 0 Å². The van der Waals surface area contributed by atoms with E-state index in [-0.39, 0.29) is 5.56 Å². The highest BCUT2D eigenvalue weighted by Gasteiger charge is 2.01. The largest absolute Gasteiger partial charge is 0.206 e. The van der Waals surface area contributed by atoms with Crippen molar-refractivity contribution >= 4 is 35.4 Å². The predicted molar refractivity (Wildman–Crippen MR) is 83.0 cm³/mol. The molecular weight excluding hydrogens is 301 g/mol. The van der Waals surface area contributed by atoms with Crippen molar-refractivity contribution in [2.45, 2.75) is 0 Å². The Bertz CT molecular complexity index is 602. The van der Waals surface area contributed by atoms with E-state index in [2.05, 4.69) is 13.2 Å². The standard InChI is InChI=1S/C8H6Cl2.C8H6F2/c1-2-6-3-4-7(9)5-8(6)10;1-2-6-7(9)4-3-5-8(6)10/h2*2-5H,1H2. The second kappa shape index (κ2) is 7.83. The normalized spacial score (nSPS) is 9.40. The average Bonchev–Trinajstić information content (AvgIpc) is 2.40. The molecule has 0 bridgehead atoms. The lowest BCUT2D eigenvalue weighted by molar-refractivity contribution is 0.579. The van der Waals surface area contributed by atoms with Crippen LogP contribution in [0.25, 0.3) is 12.2 Å². The fourth-order valence-corrected chi connectivity index (χ4v) is 1.86. The molecule has 0 spiro atoms. The molecule has 2 aromatic rings. The van der Waals surface area contributed by atoms with Gasteiger partial charge in [0.2, 0.25) is 0 Å². The van der Waals surface area contributed by atoms with Gasteiger partial charge in [0.25, 0.3) is 0 Å². The third-order valence-electron chi connectivity index (χ3n) is 2.39. The first-order chi connectivity index (χ1) is 9.49. The van der Waals surface area contributed by atoms with Gasteiger partial charge in [-0.1, -0.05) is 60.6 Å². The van der Waals surface area contributed by atoms with E-state index >= 15 is 0 Å². The molecule has 0 saturated heterocycles. The van der Waals surface area contributed by atoms with Gasteiger partial charge < -0.3 is 0 Å². The third kappa shape index (κ3) is 4.48. The third-order valence-corrected chi connectivity index (χ3v) is 2.95. The highest BCUT2D eigenvalue weighted by atomic mass is 35.5. The van der Waals surface area contributed by atoms with Gasteiger partial charge in [-0.3, -0.25) is 0 Å². The molecule has 4 heteroatoms. The highest BCUT2D eigenvalue weighted by Crippen LogP contribution is 2.21. The SMILES string of the molecule is C=Cc1c(F)cccc1F.C=Cc1ccc(Cl)cc1Cl. The summed E-state index contributed by atoms with van der Waals surface area (Å²) < 4.78 is 25.1. The monoisotopic (exact) mass is 312 g/mol. The smallest absolute Gasteiger partial charge is 0.133 e. The molecule has 0 radical (unpaired) electrons. The zero-order chi connectivity index (χ0) is 15.1. The van der Waals surface area contributed by atoms with Crippen LogP contribution < -0.4 is 0 Å². The summed E-state index contributed by atoms with van der Waals surface area (Å²) in [5, 5.41) is 1.29. The second-order valence-electron chi connectivity index (χ2n) is 3.71. The molecule has 2 rings (SSSR count). The molecule has 104 valence electrons. The van der Waals surface area contributed by atoms with Crippen LogP contribution in [0.3, 0.4) is 0 Å². The van der Waals surface area contributed by atoms with Crippen LogP contribution in [0.15, 0.2) is 49.6 Å². The van der Waals surface area contributed by atoms with Gasteiger partial charge in [0, 0.05) is 15.6 Å². The van der Waals surface area contributed by atoms with Gasteiger partial charge in [-0.05, 0) is 29.8 Å². The molecule has 0 aliphatic carbocycles. The summed E-state index contributed by atoms with van der Waals surface area (Å²) in [6.07, 6.45) is 2.85. The van der Waals surface area contributed by atoms with Crippen molar-refractivity contribution in [1.82, 2.24) is 0 Å². The van der Waals surface area contributed by atoms with Crippen molar-refractivity contribution in [1.29, 1.82) is 0 Å². The molecule has 0 atom stereocenters. The van der Waals surface area contributed by atoms with Gasteiger partial charge in [0.1, 0.15) is 11.6 Å². The minimum absolute atomic E-state index is 0.0671. The Morgan fingerprint density at radius 2 is 1.50 bits per heavy atom. The van der Waals surface area contributed by atoms with E-state index in [1.807, 2.05) is 6.07 Å². The first kappa shape index (κ1) is 16.4. The minimum Gasteiger partial charge on any atom is -0.206 e. The lowest BCUT2D eigenvalue weighted by Gasteiger charge is -1.96. The van der Waals surface area contributed by atoms with Crippen molar-refractivity contribution in [3.05, 3.63) is 82.4 Å². The summed E-state index contributed by atoms with van der Waals surface area (Å²) in [4.78, 5) is 0. The maximum absolute atomic E-state index is 12.5.